The monoisotopic (exact) mass is 423 g/mol. The summed E-state index contributed by atoms with van der Waals surface area (Å²) < 4.78 is 15.3. The molecule has 0 aliphatic heterocycles. The van der Waals surface area contributed by atoms with Crippen LogP contribution in [0.5, 0.6) is 5.75 Å². The van der Waals surface area contributed by atoms with Crippen molar-refractivity contribution in [1.29, 1.82) is 0 Å². The van der Waals surface area contributed by atoms with Gasteiger partial charge in [-0.2, -0.15) is 0 Å². The molecule has 0 bridgehead atoms. The van der Waals surface area contributed by atoms with Gasteiger partial charge in [-0.3, -0.25) is 9.59 Å². The molecule has 0 spiro atoms. The van der Waals surface area contributed by atoms with Gasteiger partial charge in [0, 0.05) is 24.4 Å². The van der Waals surface area contributed by atoms with E-state index in [4.69, 9.17) is 25.8 Å². The van der Waals surface area contributed by atoms with Crippen molar-refractivity contribution < 1.29 is 28.6 Å². The second-order valence-corrected chi connectivity index (χ2v) is 7.29. The van der Waals surface area contributed by atoms with E-state index in [2.05, 4.69) is 5.32 Å². The number of carbonyl (C=O) groups is 3. The van der Waals surface area contributed by atoms with E-state index >= 15 is 0 Å². The van der Waals surface area contributed by atoms with Gasteiger partial charge < -0.3 is 19.5 Å². The molecule has 1 aromatic rings. The molecule has 152 valence electrons. The molecule has 7 nitrogen and oxygen atoms in total. The molecule has 0 fully saturated rings. The zero-order valence-corrected chi connectivity index (χ0v) is 16.8. The zero-order chi connectivity index (χ0) is 20.4. The van der Waals surface area contributed by atoms with Crippen molar-refractivity contribution in [2.45, 2.75) is 53.2 Å². The topological polar surface area (TPSA) is 90.9 Å². The quantitative estimate of drug-likeness (QED) is 0.226. The van der Waals surface area contributed by atoms with E-state index in [9.17, 15) is 14.4 Å². The predicted molar refractivity (Wildman–Crippen MR) is 108 cm³/mol. The van der Waals surface area contributed by atoms with Crippen LogP contribution < -0.4 is 10.1 Å². The number of alkyl carbamates (subject to hydrolysis) is 1. The molecule has 1 rings (SSSR count). The average Bonchev–Trinajstić information content (AvgIpc) is 2.59. The Morgan fingerprint density at radius 3 is 2.25 bits per heavy atom. The Balaban J connectivity index is 0.00000729. The van der Waals surface area contributed by atoms with Crippen molar-refractivity contribution in [3.8, 4) is 5.75 Å². The number of amides is 1. The standard InChI is InChI=1S/C19H26ClNO6.Na.H/c1-5-16(26-17(23)19(2,3)4)27-18(24)21-12-6-7-15(22)25-14-10-8-13(20)9-11-14;;/h8-11,16H,5-7,12H2,1-4H3,(H,21,24);;. The summed E-state index contributed by atoms with van der Waals surface area (Å²) in [6, 6.07) is 6.44. The summed E-state index contributed by atoms with van der Waals surface area (Å²) in [4.78, 5) is 35.3. The minimum atomic E-state index is -0.952. The number of ether oxygens (including phenoxy) is 3. The summed E-state index contributed by atoms with van der Waals surface area (Å²) in [6.45, 7) is 7.10. The molecule has 1 atom stereocenters. The first-order valence-electron chi connectivity index (χ1n) is 8.73. The molecule has 0 aromatic heterocycles. The second kappa shape index (κ2) is 13.0. The van der Waals surface area contributed by atoms with Gasteiger partial charge in [-0.15, -0.1) is 0 Å². The van der Waals surface area contributed by atoms with E-state index < -0.39 is 29.7 Å². The van der Waals surface area contributed by atoms with Crippen LogP contribution in [0.1, 0.15) is 47.0 Å². The first-order valence-corrected chi connectivity index (χ1v) is 9.11. The fraction of sp³-hybridized carbons (Fsp3) is 0.526. The van der Waals surface area contributed by atoms with Crippen molar-refractivity contribution in [2.24, 2.45) is 5.41 Å². The van der Waals surface area contributed by atoms with Gasteiger partial charge in [-0.25, -0.2) is 4.79 Å². The van der Waals surface area contributed by atoms with E-state index in [-0.39, 0.29) is 42.5 Å². The van der Waals surface area contributed by atoms with Gasteiger partial charge in [-0.1, -0.05) is 18.5 Å². The SMILES string of the molecule is CCC(OC(=O)NCCCC(=O)Oc1ccc(Cl)cc1)OC(=O)C(C)(C)C.[NaH]. The zero-order valence-electron chi connectivity index (χ0n) is 16.0. The van der Waals surface area contributed by atoms with Gasteiger partial charge in [0.15, 0.2) is 0 Å². The van der Waals surface area contributed by atoms with E-state index in [1.165, 1.54) is 0 Å². The second-order valence-electron chi connectivity index (χ2n) is 6.86. The molecular formula is C19H27ClNNaO6. The summed E-state index contributed by atoms with van der Waals surface area (Å²) in [5.74, 6) is -0.464. The van der Waals surface area contributed by atoms with Gasteiger partial charge in [0.05, 0.1) is 5.41 Å². The van der Waals surface area contributed by atoms with E-state index in [1.807, 2.05) is 0 Å². The number of esters is 2. The molecular weight excluding hydrogens is 397 g/mol. The van der Waals surface area contributed by atoms with Crippen molar-refractivity contribution >= 4 is 59.2 Å². The average molecular weight is 424 g/mol. The molecule has 28 heavy (non-hydrogen) atoms. The van der Waals surface area contributed by atoms with Crippen LogP contribution in [0.3, 0.4) is 0 Å². The number of nitrogens with one attached hydrogen (secondary N) is 1. The number of benzene rings is 1. The number of rotatable bonds is 8. The Morgan fingerprint density at radius 1 is 1.11 bits per heavy atom. The third kappa shape index (κ3) is 10.9. The molecule has 9 heteroatoms. The Hall–Kier alpha value is -1.28. The summed E-state index contributed by atoms with van der Waals surface area (Å²) >= 11 is 5.76. The van der Waals surface area contributed by atoms with Crippen LogP contribution in [0.4, 0.5) is 4.79 Å². The molecule has 1 amide bonds. The Kier molecular flexibility index (Phi) is 12.4. The number of hydrogen-bond donors (Lipinski definition) is 1. The van der Waals surface area contributed by atoms with Gasteiger partial charge in [0.25, 0.3) is 0 Å². The first kappa shape index (κ1) is 26.7. The van der Waals surface area contributed by atoms with Crippen molar-refractivity contribution in [1.82, 2.24) is 5.32 Å². The molecule has 0 saturated carbocycles. The van der Waals surface area contributed by atoms with Gasteiger partial charge >= 0.3 is 47.6 Å². The fourth-order valence-corrected chi connectivity index (χ4v) is 1.88. The van der Waals surface area contributed by atoms with Gasteiger partial charge in [-0.05, 0) is 51.5 Å². The van der Waals surface area contributed by atoms with Crippen molar-refractivity contribution in [3.63, 3.8) is 0 Å². The van der Waals surface area contributed by atoms with E-state index in [0.29, 0.717) is 23.6 Å². The third-order valence-corrected chi connectivity index (χ3v) is 3.55. The number of hydrogen-bond acceptors (Lipinski definition) is 6. The van der Waals surface area contributed by atoms with Gasteiger partial charge in [0.1, 0.15) is 5.75 Å². The fourth-order valence-electron chi connectivity index (χ4n) is 1.76. The molecule has 1 unspecified atom stereocenters. The Morgan fingerprint density at radius 2 is 1.71 bits per heavy atom. The minimum absolute atomic E-state index is 0. The van der Waals surface area contributed by atoms with Crippen LogP contribution in [-0.2, 0) is 19.1 Å². The van der Waals surface area contributed by atoms with Gasteiger partial charge in [0.2, 0.25) is 6.29 Å². The molecule has 0 radical (unpaired) electrons. The predicted octanol–water partition coefficient (Wildman–Crippen LogP) is 3.43. The molecule has 1 aromatic carbocycles. The van der Waals surface area contributed by atoms with Crippen LogP contribution in [0.2, 0.25) is 5.02 Å². The van der Waals surface area contributed by atoms with Crippen molar-refractivity contribution in [3.05, 3.63) is 29.3 Å². The molecule has 1 N–H and O–H groups in total. The first-order chi connectivity index (χ1) is 12.6. The molecule has 0 aliphatic rings. The molecule has 0 heterocycles. The number of halogens is 1. The summed E-state index contributed by atoms with van der Waals surface area (Å²) in [5, 5.41) is 3.06. The summed E-state index contributed by atoms with van der Waals surface area (Å²) in [5.41, 5.74) is -0.683. The summed E-state index contributed by atoms with van der Waals surface area (Å²) in [6.07, 6.45) is -0.830. The summed E-state index contributed by atoms with van der Waals surface area (Å²) in [7, 11) is 0. The molecule has 0 aliphatic carbocycles. The van der Waals surface area contributed by atoms with Crippen LogP contribution >= 0.6 is 11.6 Å². The van der Waals surface area contributed by atoms with Crippen LogP contribution in [0, 0.1) is 5.41 Å². The third-order valence-electron chi connectivity index (χ3n) is 3.30. The Labute approximate surface area is 192 Å². The van der Waals surface area contributed by atoms with Crippen LogP contribution in [0.15, 0.2) is 24.3 Å². The number of carbonyl (C=O) groups excluding carboxylic acids is 3. The van der Waals surface area contributed by atoms with Crippen LogP contribution in [0.25, 0.3) is 0 Å². The normalized spacial score (nSPS) is 11.6. The van der Waals surface area contributed by atoms with E-state index in [1.54, 1.807) is 52.0 Å². The Bertz CT molecular complexity index is 645. The van der Waals surface area contributed by atoms with Crippen molar-refractivity contribution in [2.75, 3.05) is 6.54 Å². The maximum atomic E-state index is 11.8. The van der Waals surface area contributed by atoms with E-state index in [0.717, 1.165) is 0 Å². The maximum absolute atomic E-state index is 11.8. The molecule has 0 saturated heterocycles. The van der Waals surface area contributed by atoms with Crippen LogP contribution in [-0.4, -0.2) is 60.4 Å².